The third-order valence-electron chi connectivity index (χ3n) is 3.35. The molecular weight excluding hydrogens is 254 g/mol. The second-order valence-electron chi connectivity index (χ2n) is 5.04. The zero-order valence-corrected chi connectivity index (χ0v) is 13.0. The Bertz CT molecular complexity index is 395. The molecule has 1 aromatic heterocycles. The van der Waals surface area contributed by atoms with Gasteiger partial charge in [0.15, 0.2) is 0 Å². The molecule has 0 spiro atoms. The van der Waals surface area contributed by atoms with E-state index < -0.39 is 0 Å². The fourth-order valence-electron chi connectivity index (χ4n) is 2.09. The number of nitrogens with one attached hydrogen (secondary N) is 1. The molecule has 0 bridgehead atoms. The number of aliphatic hydroxyl groups excluding tert-OH is 1. The van der Waals surface area contributed by atoms with Crippen LogP contribution in [0.5, 0.6) is 5.88 Å². The quantitative estimate of drug-likeness (QED) is 0.728. The lowest BCUT2D eigenvalue weighted by molar-refractivity contribution is 0.114. The second-order valence-corrected chi connectivity index (χ2v) is 5.04. The van der Waals surface area contributed by atoms with E-state index in [1.54, 1.807) is 0 Å². The Labute approximate surface area is 121 Å². The normalized spacial score (nSPS) is 12.5. The van der Waals surface area contributed by atoms with E-state index in [2.05, 4.69) is 36.1 Å². The summed E-state index contributed by atoms with van der Waals surface area (Å²) in [5, 5.41) is 13.2. The molecule has 0 saturated heterocycles. The summed E-state index contributed by atoms with van der Waals surface area (Å²) in [6.07, 6.45) is 2.51. The van der Waals surface area contributed by atoms with Crippen molar-refractivity contribution in [2.45, 2.75) is 53.1 Å². The Kier molecular flexibility index (Phi) is 7.30. The summed E-state index contributed by atoms with van der Waals surface area (Å²) in [5.41, 5.74) is 0.852. The van der Waals surface area contributed by atoms with E-state index in [0.29, 0.717) is 30.9 Å². The molecule has 0 aliphatic carbocycles. The lowest BCUT2D eigenvalue weighted by Crippen LogP contribution is -2.28. The molecular formula is C15H27N3O2. The first kappa shape index (κ1) is 16.7. The van der Waals surface area contributed by atoms with E-state index >= 15 is 0 Å². The van der Waals surface area contributed by atoms with Crippen LogP contribution in [-0.2, 0) is 0 Å². The summed E-state index contributed by atoms with van der Waals surface area (Å²) in [4.78, 5) is 8.61. The number of ether oxygens (including phenoxy) is 1. The minimum atomic E-state index is -0.380. The van der Waals surface area contributed by atoms with Crippen molar-refractivity contribution in [3.63, 3.8) is 0 Å². The van der Waals surface area contributed by atoms with Gasteiger partial charge in [-0.25, -0.2) is 4.98 Å². The van der Waals surface area contributed by atoms with Crippen LogP contribution in [0.2, 0.25) is 0 Å². The van der Waals surface area contributed by atoms with Crippen LogP contribution in [0.4, 0.5) is 5.95 Å². The maximum Gasteiger partial charge on any atom is 0.226 e. The molecule has 1 aromatic rings. The van der Waals surface area contributed by atoms with E-state index in [4.69, 9.17) is 4.74 Å². The van der Waals surface area contributed by atoms with Gasteiger partial charge in [0.2, 0.25) is 11.8 Å². The Balaban J connectivity index is 2.60. The zero-order valence-electron chi connectivity index (χ0n) is 13.0. The van der Waals surface area contributed by atoms with E-state index in [-0.39, 0.29) is 6.10 Å². The number of aryl methyl sites for hydroxylation is 1. The van der Waals surface area contributed by atoms with Gasteiger partial charge in [-0.3, -0.25) is 0 Å². The van der Waals surface area contributed by atoms with Crippen molar-refractivity contribution in [2.24, 2.45) is 5.92 Å². The smallest absolute Gasteiger partial charge is 0.226 e. The molecule has 2 N–H and O–H groups in total. The van der Waals surface area contributed by atoms with Crippen LogP contribution in [0.1, 0.15) is 45.7 Å². The summed E-state index contributed by atoms with van der Waals surface area (Å²) in [5.74, 6) is 1.41. The van der Waals surface area contributed by atoms with Crippen molar-refractivity contribution in [1.29, 1.82) is 0 Å². The Morgan fingerprint density at radius 3 is 2.55 bits per heavy atom. The summed E-state index contributed by atoms with van der Waals surface area (Å²) < 4.78 is 5.52. The van der Waals surface area contributed by atoms with Crippen molar-refractivity contribution in [3.8, 4) is 5.88 Å². The first-order valence-electron chi connectivity index (χ1n) is 7.51. The minimum absolute atomic E-state index is 0.308. The van der Waals surface area contributed by atoms with Gasteiger partial charge >= 0.3 is 0 Å². The van der Waals surface area contributed by atoms with Gasteiger partial charge in [-0.1, -0.05) is 33.6 Å². The third kappa shape index (κ3) is 5.33. The average Bonchev–Trinajstić information content (AvgIpc) is 2.43. The minimum Gasteiger partial charge on any atom is -0.478 e. The van der Waals surface area contributed by atoms with Crippen LogP contribution in [0.25, 0.3) is 0 Å². The molecule has 0 amide bonds. The largest absolute Gasteiger partial charge is 0.478 e. The van der Waals surface area contributed by atoms with E-state index in [0.717, 1.165) is 25.0 Å². The second kappa shape index (κ2) is 8.74. The highest BCUT2D eigenvalue weighted by molar-refractivity contribution is 5.30. The molecule has 0 saturated carbocycles. The van der Waals surface area contributed by atoms with Crippen molar-refractivity contribution in [3.05, 3.63) is 11.8 Å². The Morgan fingerprint density at radius 1 is 1.25 bits per heavy atom. The van der Waals surface area contributed by atoms with Crippen LogP contribution >= 0.6 is 0 Å². The number of anilines is 1. The van der Waals surface area contributed by atoms with E-state index in [1.807, 2.05) is 13.0 Å². The molecule has 5 nitrogen and oxygen atoms in total. The molecule has 1 atom stereocenters. The molecule has 0 aromatic carbocycles. The highest BCUT2D eigenvalue weighted by Gasteiger charge is 2.15. The van der Waals surface area contributed by atoms with Gasteiger partial charge in [-0.15, -0.1) is 0 Å². The van der Waals surface area contributed by atoms with Crippen LogP contribution in [-0.4, -0.2) is 34.3 Å². The molecule has 5 heteroatoms. The van der Waals surface area contributed by atoms with Gasteiger partial charge in [0.05, 0.1) is 12.7 Å². The number of rotatable bonds is 9. The Morgan fingerprint density at radius 2 is 1.95 bits per heavy atom. The lowest BCUT2D eigenvalue weighted by atomic mass is 9.97. The Hall–Kier alpha value is -1.36. The average molecular weight is 281 g/mol. The molecule has 0 fully saturated rings. The van der Waals surface area contributed by atoms with Crippen molar-refractivity contribution in [1.82, 2.24) is 9.97 Å². The van der Waals surface area contributed by atoms with Gasteiger partial charge in [0, 0.05) is 18.3 Å². The molecule has 1 heterocycles. The standard InChI is InChI=1S/C15H27N3O2/c1-5-8-20-14-9-11(4)17-15(18-14)16-10-13(19)12(6-2)7-3/h9,12-13,19H,5-8,10H2,1-4H3,(H,16,17,18). The summed E-state index contributed by atoms with van der Waals surface area (Å²) >= 11 is 0. The SMILES string of the molecule is CCCOc1cc(C)nc(NCC(O)C(CC)CC)n1. The number of aromatic nitrogens is 2. The van der Waals surface area contributed by atoms with Crippen LogP contribution < -0.4 is 10.1 Å². The van der Waals surface area contributed by atoms with Crippen LogP contribution in [0.15, 0.2) is 6.07 Å². The predicted octanol–water partition coefficient (Wildman–Crippen LogP) is 2.78. The van der Waals surface area contributed by atoms with Gasteiger partial charge in [0.1, 0.15) is 0 Å². The van der Waals surface area contributed by atoms with Crippen molar-refractivity contribution < 1.29 is 9.84 Å². The van der Waals surface area contributed by atoms with Crippen LogP contribution in [0.3, 0.4) is 0 Å². The van der Waals surface area contributed by atoms with Gasteiger partial charge < -0.3 is 15.2 Å². The monoisotopic (exact) mass is 281 g/mol. The molecule has 0 aliphatic heterocycles. The first-order chi connectivity index (χ1) is 9.60. The zero-order chi connectivity index (χ0) is 15.0. The summed E-state index contributed by atoms with van der Waals surface area (Å²) in [7, 11) is 0. The predicted molar refractivity (Wildman–Crippen MR) is 81.1 cm³/mol. The molecule has 20 heavy (non-hydrogen) atoms. The van der Waals surface area contributed by atoms with Gasteiger partial charge in [0.25, 0.3) is 0 Å². The fourth-order valence-corrected chi connectivity index (χ4v) is 2.09. The lowest BCUT2D eigenvalue weighted by Gasteiger charge is -2.20. The number of hydrogen-bond acceptors (Lipinski definition) is 5. The maximum absolute atomic E-state index is 10.1. The van der Waals surface area contributed by atoms with Crippen LogP contribution in [0, 0.1) is 12.8 Å². The topological polar surface area (TPSA) is 67.3 Å². The molecule has 1 rings (SSSR count). The highest BCUT2D eigenvalue weighted by atomic mass is 16.5. The first-order valence-corrected chi connectivity index (χ1v) is 7.51. The highest BCUT2D eigenvalue weighted by Crippen LogP contribution is 2.15. The number of hydrogen-bond donors (Lipinski definition) is 2. The van der Waals surface area contributed by atoms with Gasteiger partial charge in [-0.2, -0.15) is 4.98 Å². The summed E-state index contributed by atoms with van der Waals surface area (Å²) in [6.45, 7) is 9.26. The van der Waals surface area contributed by atoms with Crippen molar-refractivity contribution >= 4 is 5.95 Å². The molecule has 0 aliphatic rings. The fraction of sp³-hybridized carbons (Fsp3) is 0.733. The van der Waals surface area contributed by atoms with Gasteiger partial charge in [-0.05, 0) is 19.3 Å². The molecule has 0 radical (unpaired) electrons. The third-order valence-corrected chi connectivity index (χ3v) is 3.35. The van der Waals surface area contributed by atoms with Crippen molar-refractivity contribution in [2.75, 3.05) is 18.5 Å². The van der Waals surface area contributed by atoms with E-state index in [9.17, 15) is 5.11 Å². The number of aliphatic hydroxyl groups is 1. The molecule has 114 valence electrons. The van der Waals surface area contributed by atoms with E-state index in [1.165, 1.54) is 0 Å². The summed E-state index contributed by atoms with van der Waals surface area (Å²) in [6, 6.07) is 1.82. The molecule has 1 unspecified atom stereocenters. The number of nitrogens with zero attached hydrogens (tertiary/aromatic N) is 2. The maximum atomic E-state index is 10.1.